The van der Waals surface area contributed by atoms with E-state index in [9.17, 15) is 8.78 Å². The van der Waals surface area contributed by atoms with E-state index in [0.29, 0.717) is 13.1 Å². The molecule has 1 aromatic heterocycles. The van der Waals surface area contributed by atoms with Crippen LogP contribution >= 0.6 is 11.3 Å². The number of halogens is 2. The predicted octanol–water partition coefficient (Wildman–Crippen LogP) is 3.96. The summed E-state index contributed by atoms with van der Waals surface area (Å²) in [6, 6.07) is 6.62. The molecular weight excluding hydrogens is 358 g/mol. The highest BCUT2D eigenvalue weighted by Gasteiger charge is 2.09. The maximum Gasteiger partial charge on any atom is 0.387 e. The smallest absolute Gasteiger partial charge is 0.387 e. The van der Waals surface area contributed by atoms with Crippen molar-refractivity contribution in [1.29, 1.82) is 0 Å². The first-order valence-corrected chi connectivity index (χ1v) is 9.16. The topological polar surface area (TPSA) is 49.8 Å². The van der Waals surface area contributed by atoms with Crippen molar-refractivity contribution in [2.75, 3.05) is 13.6 Å². The van der Waals surface area contributed by atoms with Crippen LogP contribution in [0.4, 0.5) is 8.78 Å². The second-order valence-electron chi connectivity index (χ2n) is 5.80. The third-order valence-electron chi connectivity index (χ3n) is 3.70. The van der Waals surface area contributed by atoms with Crippen LogP contribution in [0.1, 0.15) is 28.1 Å². The van der Waals surface area contributed by atoms with Crippen LogP contribution in [0, 0.1) is 13.8 Å². The fraction of sp³-hybridized carbons (Fsp3) is 0.444. The molecule has 0 aliphatic heterocycles. The summed E-state index contributed by atoms with van der Waals surface area (Å²) >= 11 is 1.66. The SMILES string of the molecule is CCNC(=NCc1nc(C)c(C)s1)N(C)Cc1ccc(OC(F)F)cc1. The first-order chi connectivity index (χ1) is 12.4. The van der Waals surface area contributed by atoms with Gasteiger partial charge in [0.25, 0.3) is 0 Å². The number of aromatic nitrogens is 1. The molecular formula is C18H24F2N4OS. The van der Waals surface area contributed by atoms with Crippen LogP contribution in [0.15, 0.2) is 29.3 Å². The molecule has 0 spiro atoms. The zero-order valence-corrected chi connectivity index (χ0v) is 16.2. The van der Waals surface area contributed by atoms with E-state index >= 15 is 0 Å². The largest absolute Gasteiger partial charge is 0.435 e. The van der Waals surface area contributed by atoms with E-state index in [1.807, 2.05) is 25.8 Å². The lowest BCUT2D eigenvalue weighted by atomic mass is 10.2. The Hall–Kier alpha value is -2.22. The molecule has 0 atom stereocenters. The van der Waals surface area contributed by atoms with Crippen LogP contribution in [-0.4, -0.2) is 36.0 Å². The number of guanidine groups is 1. The monoisotopic (exact) mass is 382 g/mol. The number of ether oxygens (including phenoxy) is 1. The minimum atomic E-state index is -2.81. The van der Waals surface area contributed by atoms with Crippen LogP contribution in [0.25, 0.3) is 0 Å². The van der Waals surface area contributed by atoms with Gasteiger partial charge in [-0.15, -0.1) is 11.3 Å². The first-order valence-electron chi connectivity index (χ1n) is 8.35. The Kier molecular flexibility index (Phi) is 7.32. The van der Waals surface area contributed by atoms with Crippen LogP contribution < -0.4 is 10.1 Å². The zero-order chi connectivity index (χ0) is 19.1. The lowest BCUT2D eigenvalue weighted by molar-refractivity contribution is -0.0498. The van der Waals surface area contributed by atoms with E-state index in [1.54, 1.807) is 35.6 Å². The molecule has 0 amide bonds. The quantitative estimate of drug-likeness (QED) is 0.582. The predicted molar refractivity (Wildman–Crippen MR) is 101 cm³/mol. The Morgan fingerprint density at radius 2 is 2.00 bits per heavy atom. The van der Waals surface area contributed by atoms with Gasteiger partial charge in [-0.25, -0.2) is 9.98 Å². The van der Waals surface area contributed by atoms with E-state index in [2.05, 4.69) is 27.0 Å². The van der Waals surface area contributed by atoms with Crippen LogP contribution in [-0.2, 0) is 13.1 Å². The number of nitrogens with one attached hydrogen (secondary N) is 1. The lowest BCUT2D eigenvalue weighted by Gasteiger charge is -2.22. The average molecular weight is 382 g/mol. The molecule has 0 bridgehead atoms. The van der Waals surface area contributed by atoms with Gasteiger partial charge in [-0.3, -0.25) is 0 Å². The second kappa shape index (κ2) is 9.47. The summed E-state index contributed by atoms with van der Waals surface area (Å²) in [5.41, 5.74) is 2.02. The molecule has 0 radical (unpaired) electrons. The Morgan fingerprint density at radius 1 is 1.31 bits per heavy atom. The molecule has 1 N–H and O–H groups in total. The van der Waals surface area contributed by atoms with Crippen LogP contribution in [0.2, 0.25) is 0 Å². The minimum Gasteiger partial charge on any atom is -0.435 e. The Labute approximate surface area is 156 Å². The second-order valence-corrected chi connectivity index (χ2v) is 7.09. The van der Waals surface area contributed by atoms with Crippen molar-refractivity contribution in [3.63, 3.8) is 0 Å². The number of thiazole rings is 1. The lowest BCUT2D eigenvalue weighted by Crippen LogP contribution is -2.38. The normalized spacial score (nSPS) is 11.7. The Morgan fingerprint density at radius 3 is 2.54 bits per heavy atom. The highest BCUT2D eigenvalue weighted by molar-refractivity contribution is 7.11. The molecule has 0 aliphatic carbocycles. The van der Waals surface area contributed by atoms with Crippen LogP contribution in [0.3, 0.4) is 0 Å². The van der Waals surface area contributed by atoms with E-state index in [4.69, 9.17) is 0 Å². The number of hydrogen-bond donors (Lipinski definition) is 1. The third-order valence-corrected chi connectivity index (χ3v) is 4.76. The molecule has 0 saturated heterocycles. The van der Waals surface area contributed by atoms with Crippen molar-refractivity contribution in [3.05, 3.63) is 45.4 Å². The van der Waals surface area contributed by atoms with Crippen molar-refractivity contribution >= 4 is 17.3 Å². The van der Waals surface area contributed by atoms with Gasteiger partial charge in [0.15, 0.2) is 5.96 Å². The highest BCUT2D eigenvalue weighted by Crippen LogP contribution is 2.18. The van der Waals surface area contributed by atoms with Gasteiger partial charge < -0.3 is 15.0 Å². The van der Waals surface area contributed by atoms with E-state index in [1.165, 1.54) is 4.88 Å². The fourth-order valence-electron chi connectivity index (χ4n) is 2.34. The average Bonchev–Trinajstić information content (AvgIpc) is 2.91. The van der Waals surface area contributed by atoms with Crippen LogP contribution in [0.5, 0.6) is 5.75 Å². The van der Waals surface area contributed by atoms with Crippen molar-refractivity contribution in [3.8, 4) is 5.75 Å². The fourth-order valence-corrected chi connectivity index (χ4v) is 3.20. The van der Waals surface area contributed by atoms with E-state index < -0.39 is 6.61 Å². The third kappa shape index (κ3) is 5.94. The van der Waals surface area contributed by atoms with Gasteiger partial charge in [-0.05, 0) is 38.5 Å². The molecule has 0 saturated carbocycles. The number of nitrogens with zero attached hydrogens (tertiary/aromatic N) is 3. The number of benzene rings is 1. The molecule has 26 heavy (non-hydrogen) atoms. The number of hydrogen-bond acceptors (Lipinski definition) is 4. The molecule has 8 heteroatoms. The van der Waals surface area contributed by atoms with E-state index in [-0.39, 0.29) is 5.75 Å². The Bertz CT molecular complexity index is 712. The van der Waals surface area contributed by atoms with Crippen molar-refractivity contribution in [1.82, 2.24) is 15.2 Å². The van der Waals surface area contributed by atoms with Gasteiger partial charge in [0.05, 0.1) is 12.2 Å². The van der Waals surface area contributed by atoms with Gasteiger partial charge in [0.1, 0.15) is 10.8 Å². The van der Waals surface area contributed by atoms with Gasteiger partial charge in [-0.2, -0.15) is 8.78 Å². The molecule has 0 aliphatic rings. The molecule has 2 aromatic rings. The molecule has 2 rings (SSSR count). The summed E-state index contributed by atoms with van der Waals surface area (Å²) in [4.78, 5) is 12.3. The summed E-state index contributed by atoms with van der Waals surface area (Å²) in [5.74, 6) is 0.924. The molecule has 0 unspecified atom stereocenters. The van der Waals surface area contributed by atoms with Gasteiger partial charge >= 0.3 is 6.61 Å². The summed E-state index contributed by atoms with van der Waals surface area (Å²) in [5, 5.41) is 4.24. The molecule has 0 fully saturated rings. The number of aliphatic imine (C=N–C) groups is 1. The van der Waals surface area contributed by atoms with Crippen molar-refractivity contribution in [2.45, 2.75) is 40.5 Å². The minimum absolute atomic E-state index is 0.154. The molecule has 5 nitrogen and oxygen atoms in total. The molecule has 142 valence electrons. The highest BCUT2D eigenvalue weighted by atomic mass is 32.1. The standard InChI is InChI=1S/C18H24F2N4OS/c1-5-21-18(22-10-16-23-12(2)13(3)26-16)24(4)11-14-6-8-15(9-7-14)25-17(19)20/h6-9,17H,5,10-11H2,1-4H3,(H,21,22). The van der Waals surface area contributed by atoms with Crippen molar-refractivity contribution in [2.24, 2.45) is 4.99 Å². The maximum absolute atomic E-state index is 12.2. The summed E-state index contributed by atoms with van der Waals surface area (Å²) in [6.45, 7) is 5.12. The van der Waals surface area contributed by atoms with E-state index in [0.717, 1.165) is 28.8 Å². The summed E-state index contributed by atoms with van der Waals surface area (Å²) < 4.78 is 28.8. The van der Waals surface area contributed by atoms with Crippen molar-refractivity contribution < 1.29 is 13.5 Å². The van der Waals surface area contributed by atoms with Gasteiger partial charge in [0.2, 0.25) is 0 Å². The summed E-state index contributed by atoms with van der Waals surface area (Å²) in [7, 11) is 1.93. The molecule has 1 heterocycles. The Balaban J connectivity index is 2.02. The first kappa shape index (κ1) is 20.1. The number of alkyl halides is 2. The van der Waals surface area contributed by atoms with Gasteiger partial charge in [0, 0.05) is 25.0 Å². The zero-order valence-electron chi connectivity index (χ0n) is 15.4. The maximum atomic E-state index is 12.2. The number of aryl methyl sites for hydroxylation is 2. The summed E-state index contributed by atoms with van der Waals surface area (Å²) in [6.07, 6.45) is 0. The van der Waals surface area contributed by atoms with Gasteiger partial charge in [-0.1, -0.05) is 12.1 Å². The molecule has 1 aromatic carbocycles. The number of rotatable bonds is 7.